The third-order valence-electron chi connectivity index (χ3n) is 10.4. The van der Waals surface area contributed by atoms with Gasteiger partial charge in [0.1, 0.15) is 12.2 Å². The number of ether oxygens (including phenoxy) is 4. The number of aryl methyl sites for hydroxylation is 1. The number of aliphatic hydroxyl groups excluding tert-OH is 1. The number of hydrogen-bond donors (Lipinski definition) is 5. The second kappa shape index (κ2) is 19.3. The van der Waals surface area contributed by atoms with Gasteiger partial charge < -0.3 is 44.5 Å². The molecule has 300 valence electrons. The van der Waals surface area contributed by atoms with Crippen molar-refractivity contribution in [2.45, 2.75) is 132 Å². The summed E-state index contributed by atoms with van der Waals surface area (Å²) >= 11 is 0. The van der Waals surface area contributed by atoms with E-state index in [1.165, 1.54) is 12.5 Å². The number of fused-ring (bicyclic) bond motifs is 2. The van der Waals surface area contributed by atoms with Crippen LogP contribution in [0.1, 0.15) is 95.6 Å². The summed E-state index contributed by atoms with van der Waals surface area (Å²) in [6.45, 7) is 3.09. The van der Waals surface area contributed by atoms with Gasteiger partial charge in [0, 0.05) is 19.8 Å². The number of rotatable bonds is 22. The highest BCUT2D eigenvalue weighted by atomic mass is 16.8. The molecule has 2 bridgehead atoms. The molecule has 55 heavy (non-hydrogen) atoms. The zero-order chi connectivity index (χ0) is 40.2. The minimum absolute atomic E-state index is 0.0265. The molecule has 0 radical (unpaired) electrons. The number of benzene rings is 2. The molecule has 2 aliphatic heterocycles. The second-order valence-corrected chi connectivity index (χ2v) is 14.4. The van der Waals surface area contributed by atoms with Crippen LogP contribution in [-0.2, 0) is 49.3 Å². The van der Waals surface area contributed by atoms with Crippen LogP contribution in [0.25, 0.3) is 6.08 Å². The van der Waals surface area contributed by atoms with Crippen molar-refractivity contribution in [2.75, 3.05) is 0 Å². The number of carboxylic acid groups (broad SMARTS) is 3. The Morgan fingerprint density at radius 3 is 2.07 bits per heavy atom. The van der Waals surface area contributed by atoms with Gasteiger partial charge in [-0.2, -0.15) is 0 Å². The van der Waals surface area contributed by atoms with E-state index in [1.54, 1.807) is 0 Å². The van der Waals surface area contributed by atoms with Gasteiger partial charge in [-0.15, -0.1) is 0 Å². The van der Waals surface area contributed by atoms with Gasteiger partial charge >= 0.3 is 29.8 Å². The van der Waals surface area contributed by atoms with Gasteiger partial charge in [0.05, 0.1) is 0 Å². The van der Waals surface area contributed by atoms with Crippen molar-refractivity contribution in [3.05, 3.63) is 77.9 Å². The van der Waals surface area contributed by atoms with E-state index in [4.69, 9.17) is 18.9 Å². The molecule has 2 fully saturated rings. The van der Waals surface area contributed by atoms with E-state index < -0.39 is 77.7 Å². The Balaban J connectivity index is 1.46. The van der Waals surface area contributed by atoms with E-state index >= 15 is 0 Å². The highest BCUT2D eigenvalue weighted by Gasteiger charge is 2.85. The summed E-state index contributed by atoms with van der Waals surface area (Å²) in [5, 5.41) is 53.7. The summed E-state index contributed by atoms with van der Waals surface area (Å²) in [6, 6.07) is 19.6. The zero-order valence-corrected chi connectivity index (χ0v) is 31.2. The third-order valence-corrected chi connectivity index (χ3v) is 10.4. The van der Waals surface area contributed by atoms with Crippen LogP contribution in [0.15, 0.2) is 66.7 Å². The quantitative estimate of drug-likeness (QED) is 0.0792. The smallest absolute Gasteiger partial charge is 0.344 e. The van der Waals surface area contributed by atoms with Crippen molar-refractivity contribution in [1.29, 1.82) is 0 Å². The maximum Gasteiger partial charge on any atom is 0.344 e. The van der Waals surface area contributed by atoms with E-state index in [1.807, 2.05) is 67.6 Å². The second-order valence-electron chi connectivity index (χ2n) is 14.4. The fourth-order valence-corrected chi connectivity index (χ4v) is 7.45. The van der Waals surface area contributed by atoms with Crippen molar-refractivity contribution >= 4 is 35.9 Å². The van der Waals surface area contributed by atoms with E-state index in [9.17, 15) is 49.5 Å². The van der Waals surface area contributed by atoms with Crippen LogP contribution in [0.5, 0.6) is 0 Å². The molecule has 8 atom stereocenters. The molecule has 0 aromatic heterocycles. The molecule has 0 amide bonds. The lowest BCUT2D eigenvalue weighted by Gasteiger charge is -2.48. The van der Waals surface area contributed by atoms with E-state index in [0.717, 1.165) is 37.7 Å². The lowest BCUT2D eigenvalue weighted by molar-refractivity contribution is -0.374. The summed E-state index contributed by atoms with van der Waals surface area (Å²) in [7, 11) is 0. The van der Waals surface area contributed by atoms with Gasteiger partial charge in [-0.05, 0) is 55.6 Å². The predicted octanol–water partition coefficient (Wildman–Crippen LogP) is 4.92. The summed E-state index contributed by atoms with van der Waals surface area (Å²) in [4.78, 5) is 63.2. The molecular formula is C41H52O14. The molecular weight excluding hydrogens is 716 g/mol. The summed E-state index contributed by atoms with van der Waals surface area (Å²) in [5.41, 5.74) is -5.11. The van der Waals surface area contributed by atoms with Crippen LogP contribution < -0.4 is 0 Å². The molecule has 0 spiro atoms. The van der Waals surface area contributed by atoms with Crippen molar-refractivity contribution in [1.82, 2.24) is 0 Å². The van der Waals surface area contributed by atoms with Gasteiger partial charge in [-0.3, -0.25) is 9.59 Å². The monoisotopic (exact) mass is 768 g/mol. The van der Waals surface area contributed by atoms with Crippen molar-refractivity contribution in [3.63, 3.8) is 0 Å². The number of carbonyl (C=O) groups is 5. The van der Waals surface area contributed by atoms with Crippen LogP contribution in [0, 0.1) is 5.92 Å². The minimum atomic E-state index is -3.85. The average molecular weight is 769 g/mol. The first-order valence-electron chi connectivity index (χ1n) is 18.8. The molecule has 14 heteroatoms. The van der Waals surface area contributed by atoms with Gasteiger partial charge in [0.25, 0.3) is 0 Å². The molecule has 2 aliphatic rings. The highest BCUT2D eigenvalue weighted by Crippen LogP contribution is 2.55. The Bertz CT molecular complexity index is 1650. The SMILES string of the molecule is CC(=O)OC(CCCC12OC(C(=O)O)C(O)(C(=O)O)C(C(=O)O)(O1)[C@H](OC(=O)CCCCCCCCc1ccccc1)[C@H]2O)C(C)C/C=C/c1ccccc1. The van der Waals surface area contributed by atoms with Crippen LogP contribution in [0.2, 0.25) is 0 Å². The third kappa shape index (κ3) is 9.98. The number of carboxylic acids is 3. The Morgan fingerprint density at radius 1 is 0.855 bits per heavy atom. The summed E-state index contributed by atoms with van der Waals surface area (Å²) < 4.78 is 22.2. The maximum atomic E-state index is 13.1. The molecule has 5 N–H and O–H groups in total. The first-order valence-corrected chi connectivity index (χ1v) is 18.8. The lowest BCUT2D eigenvalue weighted by Crippen LogP contribution is -2.78. The largest absolute Gasteiger partial charge is 0.479 e. The first-order chi connectivity index (χ1) is 26.2. The minimum Gasteiger partial charge on any atom is -0.479 e. The number of hydrogen-bond acceptors (Lipinski definition) is 11. The van der Waals surface area contributed by atoms with Gasteiger partial charge in [-0.25, -0.2) is 14.4 Å². The fraction of sp³-hybridized carbons (Fsp3) is 0.537. The molecule has 6 unspecified atom stereocenters. The number of aliphatic carboxylic acids is 3. The molecule has 2 aromatic rings. The first kappa shape index (κ1) is 43.1. The maximum absolute atomic E-state index is 13.1. The number of carbonyl (C=O) groups excluding carboxylic acids is 2. The molecule has 0 saturated carbocycles. The predicted molar refractivity (Wildman–Crippen MR) is 196 cm³/mol. The van der Waals surface area contributed by atoms with Crippen molar-refractivity contribution in [3.8, 4) is 0 Å². The number of aliphatic hydroxyl groups is 2. The highest BCUT2D eigenvalue weighted by molar-refractivity contribution is 5.98. The molecule has 2 aromatic carbocycles. The Labute approximate surface area is 320 Å². The van der Waals surface area contributed by atoms with Crippen molar-refractivity contribution < 1.29 is 68.5 Å². The number of unbranched alkanes of at least 4 members (excludes halogenated alkanes) is 5. The Morgan fingerprint density at radius 2 is 1.47 bits per heavy atom. The molecule has 4 rings (SSSR count). The van der Waals surface area contributed by atoms with Crippen LogP contribution in [-0.4, -0.2) is 96.8 Å². The van der Waals surface area contributed by atoms with E-state index in [0.29, 0.717) is 19.3 Å². The fourth-order valence-electron chi connectivity index (χ4n) is 7.45. The molecule has 2 saturated heterocycles. The number of esters is 2. The van der Waals surface area contributed by atoms with Crippen LogP contribution in [0.3, 0.4) is 0 Å². The standard InChI is InChI=1S/C41H52O14/c1-27(17-15-23-30-21-12-8-13-22-30)31(52-28(2)42)24-16-26-39-33(44)34(41(55-39,38(49)50)40(51,37(47)48)35(54-39)36(45)46)53-32(43)25-14-6-4-3-5-9-18-29-19-10-7-11-20-29/h7-8,10-13,15,19-23,27,31,33-35,44,51H,3-6,9,14,16-18,24-26H2,1-2H3,(H,45,46)(H,47,48)(H,49,50)/b23-15+/t27?,31?,33-,34-,35?,39?,40?,41?/m1/s1. The molecule has 0 aliphatic carbocycles. The zero-order valence-electron chi connectivity index (χ0n) is 31.2. The summed E-state index contributed by atoms with van der Waals surface area (Å²) in [5.74, 6) is -10.9. The van der Waals surface area contributed by atoms with Crippen LogP contribution in [0.4, 0.5) is 0 Å². The van der Waals surface area contributed by atoms with E-state index in [2.05, 4.69) is 12.1 Å². The van der Waals surface area contributed by atoms with Gasteiger partial charge in [0.15, 0.2) is 6.10 Å². The average Bonchev–Trinajstić information content (AvgIpc) is 3.36. The van der Waals surface area contributed by atoms with Crippen LogP contribution >= 0.6 is 0 Å². The normalized spacial score (nSPS) is 26.9. The molecule has 14 nitrogen and oxygen atoms in total. The van der Waals surface area contributed by atoms with Gasteiger partial charge in [-0.1, -0.05) is 105 Å². The van der Waals surface area contributed by atoms with Gasteiger partial charge in [0.2, 0.25) is 23.1 Å². The van der Waals surface area contributed by atoms with E-state index in [-0.39, 0.29) is 25.2 Å². The van der Waals surface area contributed by atoms with Crippen molar-refractivity contribution in [2.24, 2.45) is 5.92 Å². The Kier molecular flexibility index (Phi) is 15.1. The number of allylic oxidation sites excluding steroid dienone is 1. The topological polar surface area (TPSA) is 223 Å². The Hall–Kier alpha value is -4.63. The lowest BCUT2D eigenvalue weighted by atomic mass is 9.74. The summed E-state index contributed by atoms with van der Waals surface area (Å²) in [6.07, 6.45) is 1.28. The molecule has 2 heterocycles.